The van der Waals surface area contributed by atoms with E-state index in [4.69, 9.17) is 24.2 Å². The predicted octanol–water partition coefficient (Wildman–Crippen LogP) is 1.62. The summed E-state index contributed by atoms with van der Waals surface area (Å²) in [5.74, 6) is 1.12. The lowest BCUT2D eigenvalue weighted by Gasteiger charge is -2.25. The summed E-state index contributed by atoms with van der Waals surface area (Å²) >= 11 is 0. The molecular weight excluding hydrogens is 247 g/mol. The van der Waals surface area contributed by atoms with E-state index in [2.05, 4.69) is 0 Å². The number of ether oxygens (including phenoxy) is 2. The van der Waals surface area contributed by atoms with Crippen LogP contribution in [0.2, 0.25) is 0 Å². The third-order valence-electron chi connectivity index (χ3n) is 2.62. The number of rotatable bonds is 5. The molecule has 0 aromatic heterocycles. The molecule has 6 heteroatoms. The van der Waals surface area contributed by atoms with Gasteiger partial charge in [0.1, 0.15) is 11.5 Å². The van der Waals surface area contributed by atoms with Gasteiger partial charge in [0.05, 0.1) is 0 Å². The van der Waals surface area contributed by atoms with Gasteiger partial charge < -0.3 is 24.2 Å². The topological polar surface area (TPSA) is 68.2 Å². The van der Waals surface area contributed by atoms with Crippen LogP contribution in [0.3, 0.4) is 0 Å². The molecule has 19 heavy (non-hydrogen) atoms. The van der Waals surface area contributed by atoms with E-state index in [1.807, 2.05) is 27.7 Å². The van der Waals surface area contributed by atoms with Crippen molar-refractivity contribution >= 4 is 7.32 Å². The largest absolute Gasteiger partial charge is 0.707 e. The highest BCUT2D eigenvalue weighted by molar-refractivity contribution is 6.33. The van der Waals surface area contributed by atoms with Crippen molar-refractivity contribution in [3.05, 3.63) is 23.3 Å². The summed E-state index contributed by atoms with van der Waals surface area (Å²) in [5, 5.41) is 17.8. The maximum Gasteiger partial charge on any atom is 0.707 e. The smallest absolute Gasteiger partial charge is 0.512 e. The van der Waals surface area contributed by atoms with Crippen LogP contribution in [0.25, 0.3) is 0 Å². The van der Waals surface area contributed by atoms with Gasteiger partial charge >= 0.3 is 7.32 Å². The van der Waals surface area contributed by atoms with Gasteiger partial charge in [-0.25, -0.2) is 0 Å². The van der Waals surface area contributed by atoms with Gasteiger partial charge in [0.2, 0.25) is 0 Å². The zero-order chi connectivity index (χ0) is 14.6. The van der Waals surface area contributed by atoms with Crippen LogP contribution in [-0.4, -0.2) is 31.3 Å². The van der Waals surface area contributed by atoms with Crippen molar-refractivity contribution in [1.29, 1.82) is 0 Å². The molecule has 0 aliphatic carbocycles. The third-order valence-corrected chi connectivity index (χ3v) is 2.62. The zero-order valence-electron chi connectivity index (χ0n) is 12.1. The van der Waals surface area contributed by atoms with E-state index in [-0.39, 0.29) is 12.2 Å². The standard InChI is InChI=1S/C13H21BO5/c1-9-6-10(19-14(15)16)7-11(13(2,3)4)12(9)18-8-17-5/h6-7,15-16H,8H2,1-5H3. The summed E-state index contributed by atoms with van der Waals surface area (Å²) in [5.41, 5.74) is 1.59. The Bertz CT molecular complexity index is 426. The van der Waals surface area contributed by atoms with Gasteiger partial charge in [0.25, 0.3) is 0 Å². The molecule has 0 saturated carbocycles. The molecule has 0 radical (unpaired) electrons. The van der Waals surface area contributed by atoms with Gasteiger partial charge in [-0.15, -0.1) is 0 Å². The van der Waals surface area contributed by atoms with Gasteiger partial charge in [-0.1, -0.05) is 20.8 Å². The van der Waals surface area contributed by atoms with E-state index >= 15 is 0 Å². The van der Waals surface area contributed by atoms with E-state index in [0.717, 1.165) is 16.9 Å². The van der Waals surface area contributed by atoms with Crippen molar-refractivity contribution in [2.75, 3.05) is 13.9 Å². The molecule has 0 unspecified atom stereocenters. The van der Waals surface area contributed by atoms with Crippen LogP contribution in [0.1, 0.15) is 31.9 Å². The van der Waals surface area contributed by atoms with E-state index < -0.39 is 7.32 Å². The predicted molar refractivity (Wildman–Crippen MR) is 73.2 cm³/mol. The second-order valence-electron chi connectivity index (χ2n) is 5.36. The number of benzene rings is 1. The minimum absolute atomic E-state index is 0.159. The van der Waals surface area contributed by atoms with Gasteiger partial charge in [0, 0.05) is 12.7 Å². The lowest BCUT2D eigenvalue weighted by Crippen LogP contribution is -2.22. The summed E-state index contributed by atoms with van der Waals surface area (Å²) in [4.78, 5) is 0. The first-order chi connectivity index (χ1) is 8.75. The van der Waals surface area contributed by atoms with E-state index in [0.29, 0.717) is 5.75 Å². The van der Waals surface area contributed by atoms with Crippen molar-refractivity contribution in [2.45, 2.75) is 33.1 Å². The summed E-state index contributed by atoms with van der Waals surface area (Å²) < 4.78 is 15.4. The molecule has 1 rings (SSSR count). The molecular formula is C13H21BO5. The first-order valence-electron chi connectivity index (χ1n) is 6.05. The Hall–Kier alpha value is -1.24. The molecule has 0 heterocycles. The highest BCUT2D eigenvalue weighted by atomic mass is 16.7. The van der Waals surface area contributed by atoms with Crippen LogP contribution in [0.5, 0.6) is 11.5 Å². The average Bonchev–Trinajstić information content (AvgIpc) is 2.25. The number of aryl methyl sites for hydroxylation is 1. The highest BCUT2D eigenvalue weighted by Crippen LogP contribution is 2.37. The van der Waals surface area contributed by atoms with Crippen LogP contribution in [-0.2, 0) is 10.2 Å². The Morgan fingerprint density at radius 1 is 1.21 bits per heavy atom. The lowest BCUT2D eigenvalue weighted by molar-refractivity contribution is 0.0492. The Labute approximate surface area is 114 Å². The summed E-state index contributed by atoms with van der Waals surface area (Å²) in [6, 6.07) is 3.44. The lowest BCUT2D eigenvalue weighted by atomic mass is 9.85. The van der Waals surface area contributed by atoms with Crippen molar-refractivity contribution in [2.24, 2.45) is 0 Å². The van der Waals surface area contributed by atoms with E-state index in [9.17, 15) is 0 Å². The summed E-state index contributed by atoms with van der Waals surface area (Å²) in [6.45, 7) is 8.16. The number of methoxy groups -OCH3 is 1. The van der Waals surface area contributed by atoms with Crippen LogP contribution in [0.15, 0.2) is 12.1 Å². The van der Waals surface area contributed by atoms with Crippen LogP contribution in [0.4, 0.5) is 0 Å². The fraction of sp³-hybridized carbons (Fsp3) is 0.538. The molecule has 2 N–H and O–H groups in total. The molecule has 0 spiro atoms. The first-order valence-corrected chi connectivity index (χ1v) is 6.05. The highest BCUT2D eigenvalue weighted by Gasteiger charge is 2.23. The van der Waals surface area contributed by atoms with Crippen LogP contribution < -0.4 is 9.39 Å². The normalized spacial score (nSPS) is 11.3. The Morgan fingerprint density at radius 3 is 2.32 bits per heavy atom. The molecule has 0 saturated heterocycles. The van der Waals surface area contributed by atoms with Crippen LogP contribution in [0, 0.1) is 6.92 Å². The van der Waals surface area contributed by atoms with Gasteiger partial charge in [-0.2, -0.15) is 0 Å². The molecule has 1 aromatic carbocycles. The van der Waals surface area contributed by atoms with Gasteiger partial charge in [0.15, 0.2) is 6.79 Å². The quantitative estimate of drug-likeness (QED) is 0.627. The second-order valence-corrected chi connectivity index (χ2v) is 5.36. The molecule has 106 valence electrons. The summed E-state index contributed by atoms with van der Waals surface area (Å²) in [6.07, 6.45) is 0. The van der Waals surface area contributed by atoms with E-state index in [1.54, 1.807) is 19.2 Å². The Kier molecular flexibility index (Phi) is 5.23. The Morgan fingerprint density at radius 2 is 1.84 bits per heavy atom. The first kappa shape index (κ1) is 15.8. The molecule has 0 fully saturated rings. The summed E-state index contributed by atoms with van der Waals surface area (Å²) in [7, 11) is -0.274. The minimum Gasteiger partial charge on any atom is -0.512 e. The van der Waals surface area contributed by atoms with Crippen molar-refractivity contribution < 1.29 is 24.2 Å². The zero-order valence-corrected chi connectivity index (χ0v) is 12.1. The monoisotopic (exact) mass is 268 g/mol. The van der Waals surface area contributed by atoms with Crippen molar-refractivity contribution in [3.63, 3.8) is 0 Å². The average molecular weight is 268 g/mol. The maximum absolute atomic E-state index is 8.88. The molecule has 5 nitrogen and oxygen atoms in total. The van der Waals surface area contributed by atoms with Gasteiger partial charge in [-0.05, 0) is 30.0 Å². The minimum atomic E-state index is -1.84. The fourth-order valence-corrected chi connectivity index (χ4v) is 1.80. The fourth-order valence-electron chi connectivity index (χ4n) is 1.80. The molecule has 0 aliphatic heterocycles. The molecule has 0 aliphatic rings. The maximum atomic E-state index is 8.88. The second kappa shape index (κ2) is 6.28. The number of hydrogen-bond acceptors (Lipinski definition) is 5. The SMILES string of the molecule is COCOc1c(C)cc(OB(O)O)cc1C(C)(C)C. The van der Waals surface area contributed by atoms with Crippen LogP contribution >= 0.6 is 0 Å². The van der Waals surface area contributed by atoms with Crippen molar-refractivity contribution in [1.82, 2.24) is 0 Å². The van der Waals surface area contributed by atoms with Crippen molar-refractivity contribution in [3.8, 4) is 11.5 Å². The molecule has 0 atom stereocenters. The number of hydrogen-bond donors (Lipinski definition) is 2. The molecule has 0 amide bonds. The van der Waals surface area contributed by atoms with Gasteiger partial charge in [-0.3, -0.25) is 0 Å². The third kappa shape index (κ3) is 4.42. The molecule has 1 aromatic rings. The van der Waals surface area contributed by atoms with E-state index in [1.165, 1.54) is 0 Å². The Balaban J connectivity index is 3.22. The molecule has 0 bridgehead atoms.